The zero-order valence-corrected chi connectivity index (χ0v) is 10.7. The van der Waals surface area contributed by atoms with Gasteiger partial charge in [0.15, 0.2) is 0 Å². The minimum absolute atomic E-state index is 0.579. The van der Waals surface area contributed by atoms with Crippen molar-refractivity contribution in [3.05, 3.63) is 33.5 Å². The van der Waals surface area contributed by atoms with Gasteiger partial charge in [0, 0.05) is 18.1 Å². The maximum atomic E-state index is 9.19. The van der Waals surface area contributed by atoms with Gasteiger partial charge >= 0.3 is 0 Å². The van der Waals surface area contributed by atoms with E-state index in [1.54, 1.807) is 22.2 Å². The van der Waals surface area contributed by atoms with Crippen LogP contribution in [0.25, 0.3) is 11.6 Å². The van der Waals surface area contributed by atoms with Crippen LogP contribution in [-0.2, 0) is 7.05 Å². The molecule has 17 heavy (non-hydrogen) atoms. The van der Waals surface area contributed by atoms with Crippen LogP contribution in [0.15, 0.2) is 12.3 Å². The van der Waals surface area contributed by atoms with E-state index in [0.717, 1.165) is 21.3 Å². The van der Waals surface area contributed by atoms with E-state index >= 15 is 0 Å². The average Bonchev–Trinajstić information content (AvgIpc) is 2.83. The van der Waals surface area contributed by atoms with Crippen molar-refractivity contribution in [2.24, 2.45) is 7.05 Å². The number of hydrogen-bond donors (Lipinski definition) is 0. The number of rotatable bonds is 2. The van der Waals surface area contributed by atoms with Crippen LogP contribution in [-0.4, -0.2) is 14.8 Å². The molecule has 0 saturated heterocycles. The van der Waals surface area contributed by atoms with Crippen LogP contribution < -0.4 is 0 Å². The summed E-state index contributed by atoms with van der Waals surface area (Å²) in [4.78, 5) is 5.53. The first-order chi connectivity index (χ1) is 8.11. The molecule has 2 aromatic heterocycles. The molecule has 0 atom stereocenters. The Morgan fingerprint density at radius 3 is 2.76 bits per heavy atom. The molecule has 0 aliphatic carbocycles. The lowest BCUT2D eigenvalue weighted by atomic mass is 10.2. The quantitative estimate of drug-likeness (QED) is 0.763. The molecule has 0 N–H and O–H groups in total. The van der Waals surface area contributed by atoms with Gasteiger partial charge in [-0.05, 0) is 26.0 Å². The Kier molecular flexibility index (Phi) is 3.07. The van der Waals surface area contributed by atoms with Crippen LogP contribution in [0.4, 0.5) is 0 Å². The molecule has 5 heteroatoms. The minimum Gasteiger partial charge on any atom is -0.269 e. The summed E-state index contributed by atoms with van der Waals surface area (Å²) in [6.45, 7) is 3.96. The van der Waals surface area contributed by atoms with Crippen LogP contribution in [0.2, 0.25) is 0 Å². The van der Waals surface area contributed by atoms with Gasteiger partial charge in [0.05, 0.1) is 17.0 Å². The lowest BCUT2D eigenvalue weighted by molar-refractivity contribution is 0.760. The molecule has 4 nitrogen and oxygen atoms in total. The van der Waals surface area contributed by atoms with E-state index in [-0.39, 0.29) is 0 Å². The van der Waals surface area contributed by atoms with Gasteiger partial charge in [0.1, 0.15) is 11.1 Å². The summed E-state index contributed by atoms with van der Waals surface area (Å²) in [7, 11) is 1.85. The molecule has 0 spiro atoms. The fraction of sp³-hybridized carbons (Fsp3) is 0.250. The van der Waals surface area contributed by atoms with E-state index < -0.39 is 0 Å². The molecule has 0 amide bonds. The Morgan fingerprint density at radius 1 is 1.53 bits per heavy atom. The molecule has 2 rings (SSSR count). The monoisotopic (exact) mass is 244 g/mol. The summed E-state index contributed by atoms with van der Waals surface area (Å²) in [5, 5.41) is 14.0. The fourth-order valence-corrected chi connectivity index (χ4v) is 2.28. The lowest BCUT2D eigenvalue weighted by Gasteiger charge is -1.95. The van der Waals surface area contributed by atoms with Gasteiger partial charge in [-0.1, -0.05) is 0 Å². The Bertz CT molecular complexity index is 593. The molecule has 86 valence electrons. The van der Waals surface area contributed by atoms with Crippen molar-refractivity contribution < 1.29 is 0 Å². The van der Waals surface area contributed by atoms with Crippen LogP contribution in [0.3, 0.4) is 0 Å². The summed E-state index contributed by atoms with van der Waals surface area (Å²) in [6.07, 6.45) is 3.52. The van der Waals surface area contributed by atoms with Crippen molar-refractivity contribution in [2.45, 2.75) is 13.8 Å². The number of aromatic nitrogens is 3. The van der Waals surface area contributed by atoms with E-state index in [4.69, 9.17) is 0 Å². The van der Waals surface area contributed by atoms with Crippen molar-refractivity contribution in [3.63, 3.8) is 0 Å². The van der Waals surface area contributed by atoms with Gasteiger partial charge < -0.3 is 0 Å². The Labute approximate surface area is 104 Å². The molecule has 2 heterocycles. The second kappa shape index (κ2) is 4.52. The molecule has 0 unspecified atom stereocenters. The zero-order chi connectivity index (χ0) is 12.4. The molecule has 2 aromatic rings. The number of aryl methyl sites for hydroxylation is 3. The second-order valence-electron chi connectivity index (χ2n) is 3.71. The van der Waals surface area contributed by atoms with Crippen LogP contribution in [0, 0.1) is 25.2 Å². The summed E-state index contributed by atoms with van der Waals surface area (Å²) in [5.41, 5.74) is 2.46. The van der Waals surface area contributed by atoms with Crippen molar-refractivity contribution in [3.8, 4) is 6.07 Å². The first-order valence-corrected chi connectivity index (χ1v) is 5.97. The van der Waals surface area contributed by atoms with Crippen LogP contribution in [0.1, 0.15) is 21.3 Å². The summed E-state index contributed by atoms with van der Waals surface area (Å²) < 4.78 is 1.73. The van der Waals surface area contributed by atoms with Gasteiger partial charge in [0.25, 0.3) is 0 Å². The lowest BCUT2D eigenvalue weighted by Crippen LogP contribution is -1.93. The van der Waals surface area contributed by atoms with Gasteiger partial charge in [-0.2, -0.15) is 10.4 Å². The summed E-state index contributed by atoms with van der Waals surface area (Å²) in [5.74, 6) is 0. The van der Waals surface area contributed by atoms with Crippen molar-refractivity contribution >= 4 is 23.0 Å². The smallest absolute Gasteiger partial charge is 0.134 e. The van der Waals surface area contributed by atoms with Gasteiger partial charge in [-0.3, -0.25) is 4.68 Å². The SMILES string of the molecule is Cc1nc(C(C#N)=Cc2ccnn2C)sc1C. The number of nitrogens with zero attached hydrogens (tertiary/aromatic N) is 4. The largest absolute Gasteiger partial charge is 0.269 e. The minimum atomic E-state index is 0.579. The number of thiazole rings is 1. The fourth-order valence-electron chi connectivity index (χ4n) is 1.40. The standard InChI is InChI=1S/C12H12N4S/c1-8-9(2)17-12(15-8)10(7-13)6-11-4-5-14-16(11)3/h4-6H,1-3H3. The third-order valence-corrected chi connectivity index (χ3v) is 3.64. The molecule has 0 aromatic carbocycles. The van der Waals surface area contributed by atoms with E-state index in [1.807, 2.05) is 33.0 Å². The highest BCUT2D eigenvalue weighted by Gasteiger charge is 2.09. The van der Waals surface area contributed by atoms with Gasteiger partial charge in [0.2, 0.25) is 0 Å². The van der Waals surface area contributed by atoms with Gasteiger partial charge in [-0.25, -0.2) is 4.98 Å². The Balaban J connectivity index is 2.45. The third kappa shape index (κ3) is 2.27. The van der Waals surface area contributed by atoms with Crippen molar-refractivity contribution in [1.82, 2.24) is 14.8 Å². The highest BCUT2D eigenvalue weighted by Crippen LogP contribution is 2.24. The predicted molar refractivity (Wildman–Crippen MR) is 68.3 cm³/mol. The molecule has 0 aliphatic rings. The average molecular weight is 244 g/mol. The molecule has 0 bridgehead atoms. The zero-order valence-electron chi connectivity index (χ0n) is 9.93. The number of allylic oxidation sites excluding steroid dienone is 1. The van der Waals surface area contributed by atoms with E-state index in [2.05, 4.69) is 16.2 Å². The van der Waals surface area contributed by atoms with E-state index in [9.17, 15) is 5.26 Å². The Hall–Kier alpha value is -1.93. The van der Waals surface area contributed by atoms with Crippen LogP contribution >= 0.6 is 11.3 Å². The second-order valence-corrected chi connectivity index (χ2v) is 4.91. The molecular weight excluding hydrogens is 232 g/mol. The highest BCUT2D eigenvalue weighted by atomic mass is 32.1. The molecular formula is C12H12N4S. The normalized spacial score (nSPS) is 11.5. The molecule has 0 radical (unpaired) electrons. The van der Waals surface area contributed by atoms with Crippen molar-refractivity contribution in [1.29, 1.82) is 5.26 Å². The van der Waals surface area contributed by atoms with Crippen molar-refractivity contribution in [2.75, 3.05) is 0 Å². The first-order valence-electron chi connectivity index (χ1n) is 5.16. The number of nitriles is 1. The van der Waals surface area contributed by atoms with Gasteiger partial charge in [-0.15, -0.1) is 11.3 Å². The summed E-state index contributed by atoms with van der Waals surface area (Å²) in [6, 6.07) is 4.06. The molecule has 0 fully saturated rings. The van der Waals surface area contributed by atoms with E-state index in [1.165, 1.54) is 0 Å². The highest BCUT2D eigenvalue weighted by molar-refractivity contribution is 7.12. The maximum absolute atomic E-state index is 9.19. The topological polar surface area (TPSA) is 54.5 Å². The molecule has 0 aliphatic heterocycles. The molecule has 0 saturated carbocycles. The summed E-state index contributed by atoms with van der Waals surface area (Å²) >= 11 is 1.54. The predicted octanol–water partition coefficient (Wildman–Crippen LogP) is 2.56. The maximum Gasteiger partial charge on any atom is 0.134 e. The Morgan fingerprint density at radius 2 is 2.29 bits per heavy atom. The van der Waals surface area contributed by atoms with Crippen LogP contribution in [0.5, 0.6) is 0 Å². The van der Waals surface area contributed by atoms with E-state index in [0.29, 0.717) is 5.57 Å². The number of hydrogen-bond acceptors (Lipinski definition) is 4. The first kappa shape index (κ1) is 11.6. The third-order valence-electron chi connectivity index (χ3n) is 2.53.